The van der Waals surface area contributed by atoms with Crippen molar-refractivity contribution >= 4 is 45.6 Å². The average molecular weight is 561 g/mol. The number of carbonyl (C=O) groups excluding carboxylic acids is 2. The number of hydrogen-bond acceptors (Lipinski definition) is 6. The maximum Gasteiger partial charge on any atom is 0.259 e. The molecule has 3 rings (SSSR count). The number of ether oxygens (including phenoxy) is 3. The molecule has 0 saturated heterocycles. The van der Waals surface area contributed by atoms with E-state index in [0.717, 1.165) is 15.6 Å². The molecule has 0 spiro atoms. The van der Waals surface area contributed by atoms with E-state index in [-0.39, 0.29) is 6.54 Å². The van der Waals surface area contributed by atoms with E-state index >= 15 is 0 Å². The van der Waals surface area contributed by atoms with Crippen molar-refractivity contribution in [2.75, 3.05) is 20.8 Å². The first-order valence-corrected chi connectivity index (χ1v) is 11.6. The fraction of sp³-hybridized carbons (Fsp3) is 0.160. The summed E-state index contributed by atoms with van der Waals surface area (Å²) >= 11 is 9.37. The van der Waals surface area contributed by atoms with Gasteiger partial charge in [-0.25, -0.2) is 5.43 Å². The number of benzene rings is 3. The summed E-state index contributed by atoms with van der Waals surface area (Å²) in [5.41, 5.74) is 4.45. The van der Waals surface area contributed by atoms with E-state index in [0.29, 0.717) is 34.4 Å². The van der Waals surface area contributed by atoms with E-state index in [1.54, 1.807) is 24.3 Å². The number of methoxy groups -OCH3 is 2. The minimum absolute atomic E-state index is 0.244. The van der Waals surface area contributed by atoms with Crippen molar-refractivity contribution in [2.24, 2.45) is 5.10 Å². The van der Waals surface area contributed by atoms with Crippen LogP contribution in [-0.4, -0.2) is 38.8 Å². The first-order chi connectivity index (χ1) is 16.9. The lowest BCUT2D eigenvalue weighted by Gasteiger charge is -2.10. The molecule has 0 aliphatic carbocycles. The quantitative estimate of drug-likeness (QED) is 0.279. The van der Waals surface area contributed by atoms with Crippen LogP contribution in [-0.2, 0) is 11.4 Å². The molecule has 3 aromatic rings. The molecule has 0 unspecified atom stereocenters. The van der Waals surface area contributed by atoms with Crippen LogP contribution in [0, 0.1) is 0 Å². The Morgan fingerprint density at radius 1 is 0.971 bits per heavy atom. The second-order valence-electron chi connectivity index (χ2n) is 7.15. The fourth-order valence-electron chi connectivity index (χ4n) is 2.91. The Kier molecular flexibility index (Phi) is 9.51. The van der Waals surface area contributed by atoms with Crippen LogP contribution in [0.5, 0.6) is 17.2 Å². The van der Waals surface area contributed by atoms with Crippen LogP contribution in [0.25, 0.3) is 0 Å². The molecule has 10 heteroatoms. The zero-order chi connectivity index (χ0) is 25.2. The maximum absolute atomic E-state index is 12.3. The van der Waals surface area contributed by atoms with Gasteiger partial charge < -0.3 is 19.5 Å². The van der Waals surface area contributed by atoms with Gasteiger partial charge in [-0.1, -0.05) is 23.7 Å². The molecular weight excluding hydrogens is 538 g/mol. The van der Waals surface area contributed by atoms with Gasteiger partial charge in [0.15, 0.2) is 11.5 Å². The lowest BCUT2D eigenvalue weighted by molar-refractivity contribution is -0.120. The van der Waals surface area contributed by atoms with Gasteiger partial charge in [0.2, 0.25) is 0 Å². The molecule has 0 radical (unpaired) electrons. The van der Waals surface area contributed by atoms with E-state index in [2.05, 4.69) is 31.8 Å². The highest BCUT2D eigenvalue weighted by molar-refractivity contribution is 9.10. The topological polar surface area (TPSA) is 98.2 Å². The maximum atomic E-state index is 12.3. The van der Waals surface area contributed by atoms with Crippen molar-refractivity contribution in [1.29, 1.82) is 0 Å². The molecule has 182 valence electrons. The second-order valence-corrected chi connectivity index (χ2v) is 8.44. The summed E-state index contributed by atoms with van der Waals surface area (Å²) in [5.74, 6) is 0.685. The van der Waals surface area contributed by atoms with Gasteiger partial charge in [0.25, 0.3) is 11.8 Å². The molecule has 8 nitrogen and oxygen atoms in total. The number of nitrogens with one attached hydrogen (secondary N) is 2. The van der Waals surface area contributed by atoms with Crippen LogP contribution in [0.2, 0.25) is 5.02 Å². The standard InChI is InChI=1S/C25H23BrClN3O5/c1-33-22-10-6-18(12-23(22)34-2)25(32)28-14-24(31)30-29-13-17-5-9-21(20(26)11-17)35-15-16-3-7-19(27)8-4-16/h3-13H,14-15H2,1-2H3,(H,28,32)(H,30,31). The summed E-state index contributed by atoms with van der Waals surface area (Å²) in [5, 5.41) is 7.13. The molecule has 0 bridgehead atoms. The van der Waals surface area contributed by atoms with E-state index in [9.17, 15) is 9.59 Å². The van der Waals surface area contributed by atoms with Crippen LogP contribution in [0.15, 0.2) is 70.2 Å². The van der Waals surface area contributed by atoms with Crippen molar-refractivity contribution in [1.82, 2.24) is 10.7 Å². The molecule has 2 amide bonds. The minimum atomic E-state index is -0.475. The zero-order valence-corrected chi connectivity index (χ0v) is 21.4. The van der Waals surface area contributed by atoms with Gasteiger partial charge in [-0.2, -0.15) is 5.10 Å². The summed E-state index contributed by atoms with van der Waals surface area (Å²) < 4.78 is 16.9. The fourth-order valence-corrected chi connectivity index (χ4v) is 3.55. The van der Waals surface area contributed by atoms with Gasteiger partial charge in [0.05, 0.1) is 31.5 Å². The Hall–Kier alpha value is -3.56. The van der Waals surface area contributed by atoms with Gasteiger partial charge >= 0.3 is 0 Å². The molecular formula is C25H23BrClN3O5. The summed E-state index contributed by atoms with van der Waals surface area (Å²) in [6.45, 7) is 0.153. The lowest BCUT2D eigenvalue weighted by atomic mass is 10.2. The number of nitrogens with zero attached hydrogens (tertiary/aromatic N) is 1. The van der Waals surface area contributed by atoms with E-state index in [1.807, 2.05) is 30.3 Å². The molecule has 2 N–H and O–H groups in total. The molecule has 0 aliphatic heterocycles. The van der Waals surface area contributed by atoms with Crippen molar-refractivity contribution in [2.45, 2.75) is 6.61 Å². The number of halogens is 2. The minimum Gasteiger partial charge on any atom is -0.493 e. The van der Waals surface area contributed by atoms with Crippen LogP contribution >= 0.6 is 27.5 Å². The molecule has 3 aromatic carbocycles. The largest absolute Gasteiger partial charge is 0.493 e. The highest BCUT2D eigenvalue weighted by atomic mass is 79.9. The average Bonchev–Trinajstić information content (AvgIpc) is 2.87. The third-order valence-corrected chi connectivity index (χ3v) is 5.59. The molecule has 0 aromatic heterocycles. The molecule has 0 saturated carbocycles. The molecule has 0 heterocycles. The predicted molar refractivity (Wildman–Crippen MR) is 138 cm³/mol. The zero-order valence-electron chi connectivity index (χ0n) is 19.0. The van der Waals surface area contributed by atoms with Gasteiger partial charge in [0, 0.05) is 10.6 Å². The predicted octanol–water partition coefficient (Wildman–Crippen LogP) is 4.58. The number of hydrogen-bond donors (Lipinski definition) is 2. The van der Waals surface area contributed by atoms with E-state index in [4.69, 9.17) is 25.8 Å². The van der Waals surface area contributed by atoms with Gasteiger partial charge in [-0.15, -0.1) is 0 Å². The number of amides is 2. The first-order valence-electron chi connectivity index (χ1n) is 10.4. The first kappa shape index (κ1) is 26.1. The SMILES string of the molecule is COc1ccc(C(=O)NCC(=O)NN=Cc2ccc(OCc3ccc(Cl)cc3)c(Br)c2)cc1OC. The van der Waals surface area contributed by atoms with Gasteiger partial charge in [-0.3, -0.25) is 9.59 Å². The highest BCUT2D eigenvalue weighted by Gasteiger charge is 2.12. The summed E-state index contributed by atoms with van der Waals surface area (Å²) in [6, 6.07) is 17.6. The highest BCUT2D eigenvalue weighted by Crippen LogP contribution is 2.28. The Balaban J connectivity index is 1.47. The number of carbonyl (C=O) groups is 2. The molecule has 35 heavy (non-hydrogen) atoms. The third kappa shape index (κ3) is 7.73. The number of rotatable bonds is 10. The van der Waals surface area contributed by atoms with Crippen molar-refractivity contribution < 1.29 is 23.8 Å². The Morgan fingerprint density at radius 2 is 1.69 bits per heavy atom. The van der Waals surface area contributed by atoms with Crippen LogP contribution in [0.1, 0.15) is 21.5 Å². The van der Waals surface area contributed by atoms with Crippen molar-refractivity contribution in [3.8, 4) is 17.2 Å². The van der Waals surface area contributed by atoms with Crippen LogP contribution in [0.3, 0.4) is 0 Å². The Labute approximate surface area is 216 Å². The Morgan fingerprint density at radius 3 is 2.37 bits per heavy atom. The Bertz CT molecular complexity index is 1220. The third-order valence-electron chi connectivity index (χ3n) is 4.72. The summed E-state index contributed by atoms with van der Waals surface area (Å²) in [4.78, 5) is 24.3. The molecule has 0 fully saturated rings. The van der Waals surface area contributed by atoms with Crippen molar-refractivity contribution in [3.63, 3.8) is 0 Å². The van der Waals surface area contributed by atoms with E-state index in [1.165, 1.54) is 26.5 Å². The monoisotopic (exact) mass is 559 g/mol. The van der Waals surface area contributed by atoms with E-state index < -0.39 is 11.8 Å². The van der Waals surface area contributed by atoms with Crippen molar-refractivity contribution in [3.05, 3.63) is 86.8 Å². The van der Waals surface area contributed by atoms with Gasteiger partial charge in [-0.05, 0) is 75.6 Å². The summed E-state index contributed by atoms with van der Waals surface area (Å²) in [6.07, 6.45) is 1.49. The van der Waals surface area contributed by atoms with Gasteiger partial charge in [0.1, 0.15) is 12.4 Å². The smallest absolute Gasteiger partial charge is 0.259 e. The molecule has 0 aliphatic rings. The molecule has 0 atom stereocenters. The van der Waals surface area contributed by atoms with Crippen LogP contribution in [0.4, 0.5) is 0 Å². The number of hydrazone groups is 1. The lowest BCUT2D eigenvalue weighted by Crippen LogP contribution is -2.34. The second kappa shape index (κ2) is 12.8. The normalized spacial score (nSPS) is 10.6. The summed E-state index contributed by atoms with van der Waals surface area (Å²) in [7, 11) is 2.98. The van der Waals surface area contributed by atoms with Crippen LogP contribution < -0.4 is 25.0 Å².